The fraction of sp³-hybridized carbons (Fsp3) is 0.333. The van der Waals surface area contributed by atoms with Crippen LogP contribution in [-0.2, 0) is 6.42 Å². The lowest BCUT2D eigenvalue weighted by Gasteiger charge is -1.97. The number of rotatable bonds is 5. The van der Waals surface area contributed by atoms with E-state index in [0.717, 1.165) is 19.3 Å². The molecule has 1 N–H and O–H groups in total. The van der Waals surface area contributed by atoms with Crippen molar-refractivity contribution in [2.45, 2.75) is 19.3 Å². The first-order chi connectivity index (χ1) is 6.43. The normalized spacial score (nSPS) is 10.8. The Morgan fingerprint density at radius 3 is 2.54 bits per heavy atom. The standard InChI is InChI=1S/C12H16O/c13-11-7-2-1-4-8-12-9-5-3-6-10-12/h2-3,5-7,9-10,13H,1,4,8,11H2/b7-2+. The smallest absolute Gasteiger partial charge is 0.0612 e. The number of allylic oxidation sites excluding steroid dienone is 1. The van der Waals surface area contributed by atoms with Crippen LogP contribution in [0, 0.1) is 0 Å². The van der Waals surface area contributed by atoms with Crippen LogP contribution in [0.1, 0.15) is 18.4 Å². The first-order valence-electron chi connectivity index (χ1n) is 4.73. The van der Waals surface area contributed by atoms with Gasteiger partial charge in [-0.2, -0.15) is 0 Å². The molecule has 70 valence electrons. The van der Waals surface area contributed by atoms with Crippen molar-refractivity contribution in [1.82, 2.24) is 0 Å². The van der Waals surface area contributed by atoms with Gasteiger partial charge in [0, 0.05) is 0 Å². The van der Waals surface area contributed by atoms with E-state index in [1.807, 2.05) is 12.1 Å². The minimum Gasteiger partial charge on any atom is -0.392 e. The maximum Gasteiger partial charge on any atom is 0.0612 e. The molecule has 0 unspecified atom stereocenters. The van der Waals surface area contributed by atoms with E-state index in [9.17, 15) is 0 Å². The van der Waals surface area contributed by atoms with Gasteiger partial charge in [0.25, 0.3) is 0 Å². The molecule has 0 fully saturated rings. The molecule has 0 aliphatic carbocycles. The summed E-state index contributed by atoms with van der Waals surface area (Å²) in [7, 11) is 0. The van der Waals surface area contributed by atoms with Crippen molar-refractivity contribution in [3.05, 3.63) is 48.0 Å². The molecule has 0 heterocycles. The minimum atomic E-state index is 0.158. The molecule has 1 aromatic rings. The topological polar surface area (TPSA) is 20.2 Å². The third-order valence-corrected chi connectivity index (χ3v) is 1.95. The number of hydrogen-bond acceptors (Lipinski definition) is 1. The van der Waals surface area contributed by atoms with Gasteiger partial charge in [-0.1, -0.05) is 42.5 Å². The van der Waals surface area contributed by atoms with Crippen LogP contribution < -0.4 is 0 Å². The largest absolute Gasteiger partial charge is 0.392 e. The summed E-state index contributed by atoms with van der Waals surface area (Å²) in [5.41, 5.74) is 1.39. The SMILES string of the molecule is OC/C=C/CCCc1ccccc1. The lowest BCUT2D eigenvalue weighted by atomic mass is 10.1. The second kappa shape index (κ2) is 6.44. The highest BCUT2D eigenvalue weighted by molar-refractivity contribution is 5.14. The lowest BCUT2D eigenvalue weighted by molar-refractivity contribution is 0.342. The van der Waals surface area contributed by atoms with Crippen LogP contribution in [0.15, 0.2) is 42.5 Å². The van der Waals surface area contributed by atoms with Crippen LogP contribution in [0.4, 0.5) is 0 Å². The first kappa shape index (κ1) is 10.0. The molecule has 13 heavy (non-hydrogen) atoms. The summed E-state index contributed by atoms with van der Waals surface area (Å²) in [6, 6.07) is 10.5. The molecule has 0 saturated carbocycles. The second-order valence-corrected chi connectivity index (χ2v) is 3.03. The number of unbranched alkanes of at least 4 members (excludes halogenated alkanes) is 1. The summed E-state index contributed by atoms with van der Waals surface area (Å²) in [6.45, 7) is 0.158. The maximum absolute atomic E-state index is 8.50. The van der Waals surface area contributed by atoms with Gasteiger partial charge in [-0.25, -0.2) is 0 Å². The molecular formula is C12H16O. The Labute approximate surface area is 79.7 Å². The monoisotopic (exact) mass is 176 g/mol. The van der Waals surface area contributed by atoms with Crippen LogP contribution in [0.5, 0.6) is 0 Å². The van der Waals surface area contributed by atoms with Gasteiger partial charge in [-0.3, -0.25) is 0 Å². The van der Waals surface area contributed by atoms with Crippen molar-refractivity contribution in [3.63, 3.8) is 0 Å². The van der Waals surface area contributed by atoms with Gasteiger partial charge in [0.05, 0.1) is 6.61 Å². The van der Waals surface area contributed by atoms with Crippen LogP contribution in [0.3, 0.4) is 0 Å². The van der Waals surface area contributed by atoms with Crippen molar-refractivity contribution in [3.8, 4) is 0 Å². The Kier molecular flexibility index (Phi) is 4.95. The van der Waals surface area contributed by atoms with Crippen molar-refractivity contribution in [1.29, 1.82) is 0 Å². The summed E-state index contributed by atoms with van der Waals surface area (Å²) in [5.74, 6) is 0. The minimum absolute atomic E-state index is 0.158. The van der Waals surface area contributed by atoms with Crippen LogP contribution in [-0.4, -0.2) is 11.7 Å². The molecule has 0 spiro atoms. The highest BCUT2D eigenvalue weighted by Gasteiger charge is 1.88. The summed E-state index contributed by atoms with van der Waals surface area (Å²) >= 11 is 0. The number of aryl methyl sites for hydroxylation is 1. The molecule has 0 saturated heterocycles. The van der Waals surface area contributed by atoms with E-state index in [1.165, 1.54) is 5.56 Å². The molecule has 0 bridgehead atoms. The average molecular weight is 176 g/mol. The number of aliphatic hydroxyl groups is 1. The highest BCUT2D eigenvalue weighted by Crippen LogP contribution is 2.04. The molecule has 1 nitrogen and oxygen atoms in total. The van der Waals surface area contributed by atoms with Crippen LogP contribution in [0.25, 0.3) is 0 Å². The fourth-order valence-electron chi connectivity index (χ4n) is 1.26. The van der Waals surface area contributed by atoms with Gasteiger partial charge in [0.15, 0.2) is 0 Å². The average Bonchev–Trinajstić information content (AvgIpc) is 2.19. The highest BCUT2D eigenvalue weighted by atomic mass is 16.2. The second-order valence-electron chi connectivity index (χ2n) is 3.03. The Hall–Kier alpha value is -1.08. The molecular weight excluding hydrogens is 160 g/mol. The number of hydrogen-bond donors (Lipinski definition) is 1. The van der Waals surface area contributed by atoms with Gasteiger partial charge in [-0.05, 0) is 24.8 Å². The van der Waals surface area contributed by atoms with Crippen LogP contribution >= 0.6 is 0 Å². The van der Waals surface area contributed by atoms with E-state index in [-0.39, 0.29) is 6.61 Å². The van der Waals surface area contributed by atoms with E-state index in [4.69, 9.17) is 5.11 Å². The Morgan fingerprint density at radius 1 is 1.08 bits per heavy atom. The molecule has 0 aliphatic heterocycles. The van der Waals surface area contributed by atoms with Crippen molar-refractivity contribution >= 4 is 0 Å². The quantitative estimate of drug-likeness (QED) is 0.540. The molecule has 1 heteroatoms. The van der Waals surface area contributed by atoms with Gasteiger partial charge >= 0.3 is 0 Å². The van der Waals surface area contributed by atoms with Crippen LogP contribution in [0.2, 0.25) is 0 Å². The Bertz CT molecular complexity index is 239. The molecule has 0 atom stereocenters. The summed E-state index contributed by atoms with van der Waals surface area (Å²) in [5, 5.41) is 8.50. The first-order valence-corrected chi connectivity index (χ1v) is 4.73. The summed E-state index contributed by atoms with van der Waals surface area (Å²) in [4.78, 5) is 0. The molecule has 1 rings (SSSR count). The van der Waals surface area contributed by atoms with Gasteiger partial charge in [-0.15, -0.1) is 0 Å². The molecule has 0 aromatic heterocycles. The lowest BCUT2D eigenvalue weighted by Crippen LogP contribution is -1.83. The summed E-state index contributed by atoms with van der Waals surface area (Å²) in [6.07, 6.45) is 7.15. The van der Waals surface area contributed by atoms with Gasteiger partial charge < -0.3 is 5.11 Å². The third kappa shape index (κ3) is 4.48. The zero-order valence-corrected chi connectivity index (χ0v) is 7.82. The van der Waals surface area contributed by atoms with E-state index in [1.54, 1.807) is 6.08 Å². The zero-order chi connectivity index (χ0) is 9.36. The van der Waals surface area contributed by atoms with Crippen molar-refractivity contribution in [2.75, 3.05) is 6.61 Å². The van der Waals surface area contributed by atoms with Crippen molar-refractivity contribution < 1.29 is 5.11 Å². The molecule has 1 aromatic carbocycles. The summed E-state index contributed by atoms with van der Waals surface area (Å²) < 4.78 is 0. The molecule has 0 radical (unpaired) electrons. The predicted molar refractivity (Wildman–Crippen MR) is 55.6 cm³/mol. The Balaban J connectivity index is 2.17. The third-order valence-electron chi connectivity index (χ3n) is 1.95. The Morgan fingerprint density at radius 2 is 1.85 bits per heavy atom. The fourth-order valence-corrected chi connectivity index (χ4v) is 1.26. The maximum atomic E-state index is 8.50. The number of benzene rings is 1. The van der Waals surface area contributed by atoms with Crippen molar-refractivity contribution in [2.24, 2.45) is 0 Å². The molecule has 0 aliphatic rings. The van der Waals surface area contributed by atoms with Gasteiger partial charge in [0.1, 0.15) is 0 Å². The van der Waals surface area contributed by atoms with E-state index >= 15 is 0 Å². The van der Waals surface area contributed by atoms with E-state index < -0.39 is 0 Å². The predicted octanol–water partition coefficient (Wildman–Crippen LogP) is 2.56. The van der Waals surface area contributed by atoms with E-state index in [2.05, 4.69) is 24.3 Å². The zero-order valence-electron chi connectivity index (χ0n) is 7.82. The number of aliphatic hydroxyl groups excluding tert-OH is 1. The van der Waals surface area contributed by atoms with Gasteiger partial charge in [0.2, 0.25) is 0 Å². The van der Waals surface area contributed by atoms with E-state index in [0.29, 0.717) is 0 Å². The molecule has 0 amide bonds.